The van der Waals surface area contributed by atoms with Crippen molar-refractivity contribution < 1.29 is 9.59 Å². The van der Waals surface area contributed by atoms with E-state index in [1.165, 1.54) is 6.92 Å². The molecule has 116 valence electrons. The average molecular weight is 311 g/mol. The van der Waals surface area contributed by atoms with Crippen LogP contribution in [0.5, 0.6) is 0 Å². The smallest absolute Gasteiger partial charge is 0.223 e. The van der Waals surface area contributed by atoms with E-state index in [2.05, 4.69) is 5.32 Å². The molecule has 0 atom stereocenters. The Morgan fingerprint density at radius 1 is 1.33 bits per heavy atom. The molecule has 0 aliphatic rings. The molecule has 0 saturated carbocycles. The van der Waals surface area contributed by atoms with Gasteiger partial charge in [0, 0.05) is 37.1 Å². The summed E-state index contributed by atoms with van der Waals surface area (Å²) < 4.78 is 0. The number of halogens is 1. The Hall–Kier alpha value is -1.55. The van der Waals surface area contributed by atoms with Crippen LogP contribution in [0.25, 0.3) is 0 Å². The first kappa shape index (κ1) is 17.5. The number of nitrogens with zero attached hydrogens (tertiary/aromatic N) is 1. The molecular weight excluding hydrogens is 288 g/mol. The van der Waals surface area contributed by atoms with Crippen molar-refractivity contribution in [2.75, 3.05) is 18.0 Å². The number of benzene rings is 1. The summed E-state index contributed by atoms with van der Waals surface area (Å²) in [7, 11) is 0. The molecule has 0 aliphatic heterocycles. The molecule has 0 spiro atoms. The van der Waals surface area contributed by atoms with Gasteiger partial charge in [0.25, 0.3) is 0 Å². The SMILES string of the molecule is CC(=O)N(CCNC(=O)CC(C)C)c1ccc(C)c(Cl)c1. The van der Waals surface area contributed by atoms with Gasteiger partial charge < -0.3 is 10.2 Å². The minimum atomic E-state index is -0.0759. The van der Waals surface area contributed by atoms with Crippen LogP contribution in [0.4, 0.5) is 5.69 Å². The van der Waals surface area contributed by atoms with Crippen LogP contribution in [-0.4, -0.2) is 24.9 Å². The molecule has 1 aromatic carbocycles. The second-order valence-corrected chi connectivity index (χ2v) is 5.96. The number of rotatable bonds is 6. The molecule has 0 saturated heterocycles. The molecule has 0 aromatic heterocycles. The second kappa shape index (κ2) is 8.03. The lowest BCUT2D eigenvalue weighted by atomic mass is 10.1. The molecule has 0 fully saturated rings. The quantitative estimate of drug-likeness (QED) is 0.877. The predicted octanol–water partition coefficient (Wildman–Crippen LogP) is 3.16. The lowest BCUT2D eigenvalue weighted by Crippen LogP contribution is -2.37. The highest BCUT2D eigenvalue weighted by molar-refractivity contribution is 6.31. The molecule has 1 aromatic rings. The largest absolute Gasteiger partial charge is 0.354 e. The summed E-state index contributed by atoms with van der Waals surface area (Å²) in [5, 5.41) is 3.46. The van der Waals surface area contributed by atoms with E-state index in [1.807, 2.05) is 32.9 Å². The van der Waals surface area contributed by atoms with Gasteiger partial charge in [0.2, 0.25) is 11.8 Å². The number of carbonyl (C=O) groups is 2. The summed E-state index contributed by atoms with van der Waals surface area (Å²) in [5.74, 6) is 0.258. The fraction of sp³-hybridized carbons (Fsp3) is 0.500. The molecular formula is C16H23ClN2O2. The third kappa shape index (κ3) is 5.76. The van der Waals surface area contributed by atoms with Crippen LogP contribution >= 0.6 is 11.6 Å². The summed E-state index contributed by atoms with van der Waals surface area (Å²) in [5.41, 5.74) is 1.71. The first-order valence-electron chi connectivity index (χ1n) is 7.12. The minimum Gasteiger partial charge on any atom is -0.354 e. The van der Waals surface area contributed by atoms with Gasteiger partial charge in [-0.1, -0.05) is 31.5 Å². The Bertz CT molecular complexity index is 515. The number of hydrogen-bond donors (Lipinski definition) is 1. The van der Waals surface area contributed by atoms with Gasteiger partial charge in [0.15, 0.2) is 0 Å². The first-order chi connectivity index (χ1) is 9.81. The van der Waals surface area contributed by atoms with Gasteiger partial charge in [-0.15, -0.1) is 0 Å². The van der Waals surface area contributed by atoms with Gasteiger partial charge in [-0.25, -0.2) is 0 Å². The Labute approximate surface area is 131 Å². The zero-order valence-corrected chi connectivity index (χ0v) is 13.8. The van der Waals surface area contributed by atoms with E-state index < -0.39 is 0 Å². The molecule has 21 heavy (non-hydrogen) atoms. The van der Waals surface area contributed by atoms with E-state index in [-0.39, 0.29) is 11.8 Å². The van der Waals surface area contributed by atoms with E-state index in [4.69, 9.17) is 11.6 Å². The maximum Gasteiger partial charge on any atom is 0.223 e. The van der Waals surface area contributed by atoms with Gasteiger partial charge in [-0.3, -0.25) is 9.59 Å². The Balaban J connectivity index is 2.64. The van der Waals surface area contributed by atoms with Crippen LogP contribution in [0, 0.1) is 12.8 Å². The number of hydrogen-bond acceptors (Lipinski definition) is 2. The van der Waals surface area contributed by atoms with Crippen LogP contribution in [-0.2, 0) is 9.59 Å². The van der Waals surface area contributed by atoms with Crippen molar-refractivity contribution in [3.63, 3.8) is 0 Å². The lowest BCUT2D eigenvalue weighted by Gasteiger charge is -2.22. The van der Waals surface area contributed by atoms with E-state index >= 15 is 0 Å². The van der Waals surface area contributed by atoms with Crippen LogP contribution < -0.4 is 10.2 Å². The highest BCUT2D eigenvalue weighted by atomic mass is 35.5. The first-order valence-corrected chi connectivity index (χ1v) is 7.50. The van der Waals surface area contributed by atoms with Crippen molar-refractivity contribution in [3.05, 3.63) is 28.8 Å². The molecule has 0 bridgehead atoms. The van der Waals surface area contributed by atoms with E-state index in [0.717, 1.165) is 11.3 Å². The van der Waals surface area contributed by atoms with E-state index in [0.29, 0.717) is 30.5 Å². The number of aryl methyl sites for hydroxylation is 1. The topological polar surface area (TPSA) is 49.4 Å². The van der Waals surface area contributed by atoms with Crippen molar-refractivity contribution >= 4 is 29.1 Å². The van der Waals surface area contributed by atoms with Crippen molar-refractivity contribution in [2.45, 2.75) is 34.1 Å². The van der Waals surface area contributed by atoms with E-state index in [1.54, 1.807) is 11.0 Å². The fourth-order valence-corrected chi connectivity index (χ4v) is 2.14. The highest BCUT2D eigenvalue weighted by Gasteiger charge is 2.13. The van der Waals surface area contributed by atoms with Crippen LogP contribution in [0.2, 0.25) is 5.02 Å². The van der Waals surface area contributed by atoms with Gasteiger partial charge in [0.1, 0.15) is 0 Å². The standard InChI is InChI=1S/C16H23ClN2O2/c1-11(2)9-16(21)18-7-8-19(13(4)20)14-6-5-12(3)15(17)10-14/h5-6,10-11H,7-9H2,1-4H3,(H,18,21). The molecule has 2 amide bonds. The van der Waals surface area contributed by atoms with Gasteiger partial charge in [-0.05, 0) is 30.5 Å². The van der Waals surface area contributed by atoms with Crippen LogP contribution in [0.1, 0.15) is 32.8 Å². The molecule has 1 N–H and O–H groups in total. The third-order valence-corrected chi connectivity index (χ3v) is 3.51. The molecule has 0 heterocycles. The minimum absolute atomic E-state index is 0.00967. The van der Waals surface area contributed by atoms with Crippen LogP contribution in [0.15, 0.2) is 18.2 Å². The number of amides is 2. The Kier molecular flexibility index (Phi) is 6.69. The fourth-order valence-electron chi connectivity index (χ4n) is 1.97. The number of anilines is 1. The summed E-state index contributed by atoms with van der Waals surface area (Å²) in [6, 6.07) is 5.51. The van der Waals surface area contributed by atoms with Gasteiger partial charge in [-0.2, -0.15) is 0 Å². The van der Waals surface area contributed by atoms with Crippen molar-refractivity contribution in [3.8, 4) is 0 Å². The summed E-state index contributed by atoms with van der Waals surface area (Å²) >= 11 is 6.10. The second-order valence-electron chi connectivity index (χ2n) is 5.55. The number of nitrogens with one attached hydrogen (secondary N) is 1. The summed E-state index contributed by atoms with van der Waals surface area (Å²) in [6.07, 6.45) is 0.496. The van der Waals surface area contributed by atoms with Crippen LogP contribution in [0.3, 0.4) is 0 Å². The Morgan fingerprint density at radius 3 is 2.52 bits per heavy atom. The Morgan fingerprint density at radius 2 is 2.00 bits per heavy atom. The maximum atomic E-state index is 11.8. The zero-order valence-electron chi connectivity index (χ0n) is 13.1. The monoisotopic (exact) mass is 310 g/mol. The molecule has 4 nitrogen and oxygen atoms in total. The van der Waals surface area contributed by atoms with Crippen molar-refractivity contribution in [1.29, 1.82) is 0 Å². The predicted molar refractivity (Wildman–Crippen MR) is 86.7 cm³/mol. The molecule has 0 unspecified atom stereocenters. The highest BCUT2D eigenvalue weighted by Crippen LogP contribution is 2.23. The zero-order chi connectivity index (χ0) is 16.0. The molecule has 5 heteroatoms. The number of carbonyl (C=O) groups excluding carboxylic acids is 2. The molecule has 0 aliphatic carbocycles. The summed E-state index contributed by atoms with van der Waals surface area (Å²) in [4.78, 5) is 25.0. The van der Waals surface area contributed by atoms with Crippen molar-refractivity contribution in [2.24, 2.45) is 5.92 Å². The molecule has 1 rings (SSSR count). The average Bonchev–Trinajstić information content (AvgIpc) is 2.37. The van der Waals surface area contributed by atoms with Gasteiger partial charge in [0.05, 0.1) is 0 Å². The normalized spacial score (nSPS) is 10.6. The van der Waals surface area contributed by atoms with E-state index in [9.17, 15) is 9.59 Å². The van der Waals surface area contributed by atoms with Crippen molar-refractivity contribution in [1.82, 2.24) is 5.32 Å². The maximum absolute atomic E-state index is 11.8. The van der Waals surface area contributed by atoms with Gasteiger partial charge >= 0.3 is 0 Å². The lowest BCUT2D eigenvalue weighted by molar-refractivity contribution is -0.122. The summed E-state index contributed by atoms with van der Waals surface area (Å²) in [6.45, 7) is 8.26. The molecule has 0 radical (unpaired) electrons. The third-order valence-electron chi connectivity index (χ3n) is 3.10.